The molecule has 0 aromatic heterocycles. The van der Waals surface area contributed by atoms with Crippen molar-refractivity contribution in [2.24, 2.45) is 5.84 Å². The first-order valence-corrected chi connectivity index (χ1v) is 9.46. The second-order valence-electron chi connectivity index (χ2n) is 6.48. The monoisotopic (exact) mass is 384 g/mol. The molecule has 0 fully saturated rings. The Morgan fingerprint density at radius 2 is 1.39 bits per heavy atom. The zero-order valence-electron chi connectivity index (χ0n) is 16.1. The van der Waals surface area contributed by atoms with Gasteiger partial charge in [-0.1, -0.05) is 67.6 Å². The van der Waals surface area contributed by atoms with Crippen LogP contribution in [0, 0.1) is 0 Å². The van der Waals surface area contributed by atoms with Gasteiger partial charge in [0, 0.05) is 5.57 Å². The summed E-state index contributed by atoms with van der Waals surface area (Å²) in [5.41, 5.74) is 5.62. The largest absolute Gasteiger partial charge is 0.290 e. The summed E-state index contributed by atoms with van der Waals surface area (Å²) in [5, 5.41) is 0. The highest BCUT2D eigenvalue weighted by Crippen LogP contribution is 2.30. The summed E-state index contributed by atoms with van der Waals surface area (Å²) in [6, 6.07) is 19.3. The fourth-order valence-corrected chi connectivity index (χ4v) is 3.21. The SMILES string of the molecule is CCC(CCCCC(C(=O)NN)=C(c1ccccc1)c1ccccc1)=C(F)F. The maximum atomic E-state index is 12.8. The van der Waals surface area contributed by atoms with Gasteiger partial charge in [0.05, 0.1) is 0 Å². The van der Waals surface area contributed by atoms with E-state index in [4.69, 9.17) is 5.84 Å². The molecule has 0 spiro atoms. The lowest BCUT2D eigenvalue weighted by molar-refractivity contribution is -0.117. The number of carbonyl (C=O) groups excluding carboxylic acids is 1. The number of allylic oxidation sites excluding steroid dienone is 1. The molecule has 3 N–H and O–H groups in total. The zero-order chi connectivity index (χ0) is 20.4. The van der Waals surface area contributed by atoms with Gasteiger partial charge >= 0.3 is 0 Å². The average Bonchev–Trinajstić information content (AvgIpc) is 2.73. The van der Waals surface area contributed by atoms with E-state index >= 15 is 0 Å². The maximum Gasteiger partial charge on any atom is 0.269 e. The molecule has 0 saturated heterocycles. The van der Waals surface area contributed by atoms with Crippen LogP contribution in [0.25, 0.3) is 5.57 Å². The van der Waals surface area contributed by atoms with Crippen molar-refractivity contribution >= 4 is 11.5 Å². The predicted octanol–water partition coefficient (Wildman–Crippen LogP) is 5.60. The van der Waals surface area contributed by atoms with Crippen molar-refractivity contribution in [3.8, 4) is 0 Å². The standard InChI is InChI=1S/C23H26F2N2O/c1-2-17(22(24)25)11-9-10-16-20(23(28)27-26)21(18-12-5-3-6-13-18)19-14-7-4-8-15-19/h3-8,12-15H,2,9-11,16,26H2,1H3,(H,27,28). The second-order valence-corrected chi connectivity index (χ2v) is 6.48. The Hall–Kier alpha value is -2.79. The molecule has 0 aliphatic carbocycles. The minimum atomic E-state index is -1.59. The number of rotatable bonds is 9. The Kier molecular flexibility index (Phi) is 8.56. The predicted molar refractivity (Wildman–Crippen MR) is 109 cm³/mol. The van der Waals surface area contributed by atoms with Gasteiger partial charge in [-0.2, -0.15) is 8.78 Å². The summed E-state index contributed by atoms with van der Waals surface area (Å²) < 4.78 is 25.7. The number of hydrogen-bond donors (Lipinski definition) is 2. The molecule has 5 heteroatoms. The van der Waals surface area contributed by atoms with Gasteiger partial charge in [-0.3, -0.25) is 10.2 Å². The second kappa shape index (κ2) is 11.1. The van der Waals surface area contributed by atoms with E-state index in [1.165, 1.54) is 0 Å². The van der Waals surface area contributed by atoms with E-state index in [0.29, 0.717) is 37.7 Å². The van der Waals surface area contributed by atoms with Crippen molar-refractivity contribution in [1.29, 1.82) is 0 Å². The van der Waals surface area contributed by atoms with Gasteiger partial charge in [0.25, 0.3) is 12.0 Å². The van der Waals surface area contributed by atoms with E-state index in [2.05, 4.69) is 5.43 Å². The molecule has 28 heavy (non-hydrogen) atoms. The van der Waals surface area contributed by atoms with Crippen molar-refractivity contribution in [1.82, 2.24) is 5.43 Å². The number of amides is 1. The van der Waals surface area contributed by atoms with E-state index in [-0.39, 0.29) is 11.5 Å². The average molecular weight is 384 g/mol. The number of hydrazine groups is 1. The minimum Gasteiger partial charge on any atom is -0.290 e. The van der Waals surface area contributed by atoms with Crippen molar-refractivity contribution < 1.29 is 13.6 Å². The molecule has 0 unspecified atom stereocenters. The third-order valence-corrected chi connectivity index (χ3v) is 4.68. The van der Waals surface area contributed by atoms with Gasteiger partial charge < -0.3 is 0 Å². The van der Waals surface area contributed by atoms with Crippen LogP contribution in [0.3, 0.4) is 0 Å². The molecule has 0 radical (unpaired) electrons. The van der Waals surface area contributed by atoms with Crippen LogP contribution in [0.15, 0.2) is 77.9 Å². The Labute approximate surface area is 164 Å². The van der Waals surface area contributed by atoms with Gasteiger partial charge in [-0.05, 0) is 54.4 Å². The Bertz CT molecular complexity index is 785. The summed E-state index contributed by atoms with van der Waals surface area (Å²) in [6.07, 6.45) is 0.733. The van der Waals surface area contributed by atoms with Crippen LogP contribution in [0.5, 0.6) is 0 Å². The first-order valence-electron chi connectivity index (χ1n) is 9.46. The molecule has 2 rings (SSSR count). The van der Waals surface area contributed by atoms with Crippen molar-refractivity contribution in [3.05, 3.63) is 89.0 Å². The van der Waals surface area contributed by atoms with Crippen LogP contribution in [-0.4, -0.2) is 5.91 Å². The number of unbranched alkanes of at least 4 members (excludes halogenated alkanes) is 1. The first kappa shape index (κ1) is 21.5. The fourth-order valence-electron chi connectivity index (χ4n) is 3.21. The molecule has 3 nitrogen and oxygen atoms in total. The molecule has 2 aromatic carbocycles. The molecule has 1 amide bonds. The number of benzene rings is 2. The maximum absolute atomic E-state index is 12.8. The van der Waals surface area contributed by atoms with Crippen LogP contribution in [0.4, 0.5) is 8.78 Å². The third kappa shape index (κ3) is 5.86. The summed E-state index contributed by atoms with van der Waals surface area (Å²) in [4.78, 5) is 12.6. The number of nitrogens with two attached hydrogens (primary N) is 1. The summed E-state index contributed by atoms with van der Waals surface area (Å²) in [7, 11) is 0. The van der Waals surface area contributed by atoms with Crippen molar-refractivity contribution in [2.45, 2.75) is 39.0 Å². The highest BCUT2D eigenvalue weighted by Gasteiger charge is 2.18. The Morgan fingerprint density at radius 1 is 0.893 bits per heavy atom. The summed E-state index contributed by atoms with van der Waals surface area (Å²) in [6.45, 7) is 1.73. The van der Waals surface area contributed by atoms with Crippen molar-refractivity contribution in [3.63, 3.8) is 0 Å². The number of hydrogen-bond acceptors (Lipinski definition) is 2. The number of carbonyl (C=O) groups is 1. The van der Waals surface area contributed by atoms with Gasteiger partial charge in [0.15, 0.2) is 0 Å². The van der Waals surface area contributed by atoms with Gasteiger partial charge in [-0.15, -0.1) is 0 Å². The summed E-state index contributed by atoms with van der Waals surface area (Å²) in [5.74, 6) is 5.08. The van der Waals surface area contributed by atoms with Crippen LogP contribution in [-0.2, 0) is 4.79 Å². The number of nitrogens with one attached hydrogen (secondary N) is 1. The van der Waals surface area contributed by atoms with Gasteiger partial charge in [0.1, 0.15) is 0 Å². The lowest BCUT2D eigenvalue weighted by atomic mass is 9.90. The third-order valence-electron chi connectivity index (χ3n) is 4.68. The fraction of sp³-hybridized carbons (Fsp3) is 0.261. The highest BCUT2D eigenvalue weighted by atomic mass is 19.3. The molecule has 0 aliphatic heterocycles. The van der Waals surface area contributed by atoms with Crippen LogP contribution < -0.4 is 11.3 Å². The molecule has 0 atom stereocenters. The molecular formula is C23H26F2N2O. The van der Waals surface area contributed by atoms with E-state index in [0.717, 1.165) is 16.7 Å². The molecule has 2 aromatic rings. The summed E-state index contributed by atoms with van der Waals surface area (Å²) >= 11 is 0. The zero-order valence-corrected chi connectivity index (χ0v) is 16.1. The molecule has 0 heterocycles. The molecule has 148 valence electrons. The first-order chi connectivity index (χ1) is 13.6. The van der Waals surface area contributed by atoms with Crippen molar-refractivity contribution in [2.75, 3.05) is 0 Å². The molecule has 0 saturated carbocycles. The van der Waals surface area contributed by atoms with E-state index < -0.39 is 6.08 Å². The number of halogens is 2. The van der Waals surface area contributed by atoms with E-state index in [1.807, 2.05) is 60.7 Å². The van der Waals surface area contributed by atoms with Crippen LogP contribution in [0.1, 0.15) is 50.2 Å². The smallest absolute Gasteiger partial charge is 0.269 e. The van der Waals surface area contributed by atoms with E-state index in [9.17, 15) is 13.6 Å². The quantitative estimate of drug-likeness (QED) is 0.194. The lowest BCUT2D eigenvalue weighted by Crippen LogP contribution is -2.32. The normalized spacial score (nSPS) is 10.3. The van der Waals surface area contributed by atoms with Gasteiger partial charge in [-0.25, -0.2) is 5.84 Å². The van der Waals surface area contributed by atoms with Crippen LogP contribution >= 0.6 is 0 Å². The molecule has 0 bridgehead atoms. The Balaban J connectivity index is 2.36. The van der Waals surface area contributed by atoms with Gasteiger partial charge in [0.2, 0.25) is 0 Å². The molecule has 0 aliphatic rings. The molecular weight excluding hydrogens is 358 g/mol. The van der Waals surface area contributed by atoms with Crippen LogP contribution in [0.2, 0.25) is 0 Å². The minimum absolute atomic E-state index is 0.181. The van der Waals surface area contributed by atoms with E-state index in [1.54, 1.807) is 6.92 Å². The topological polar surface area (TPSA) is 55.1 Å². The lowest BCUT2D eigenvalue weighted by Gasteiger charge is -2.16. The highest BCUT2D eigenvalue weighted by molar-refractivity contribution is 6.04. The Morgan fingerprint density at radius 3 is 1.82 bits per heavy atom.